The van der Waals surface area contributed by atoms with Crippen LogP contribution in [0.2, 0.25) is 0 Å². The molecule has 9 heteroatoms. The lowest BCUT2D eigenvalue weighted by atomic mass is 10.1. The van der Waals surface area contributed by atoms with E-state index in [9.17, 15) is 8.42 Å². The van der Waals surface area contributed by atoms with Crippen molar-refractivity contribution >= 4 is 27.3 Å². The third-order valence-electron chi connectivity index (χ3n) is 4.30. The minimum absolute atomic E-state index is 0.299. The van der Waals surface area contributed by atoms with Crippen molar-refractivity contribution in [1.82, 2.24) is 14.9 Å². The molecule has 1 aromatic rings. The van der Waals surface area contributed by atoms with Crippen LogP contribution in [0.15, 0.2) is 21.3 Å². The molecule has 1 aliphatic rings. The van der Waals surface area contributed by atoms with Gasteiger partial charge in [0.25, 0.3) is 10.0 Å². The highest BCUT2D eigenvalue weighted by molar-refractivity contribution is 7.91. The van der Waals surface area contributed by atoms with Crippen molar-refractivity contribution in [2.75, 3.05) is 32.8 Å². The minimum atomic E-state index is -3.43. The maximum atomic E-state index is 12.7. The molecule has 0 spiro atoms. The molecule has 1 saturated heterocycles. The molecule has 2 heterocycles. The first-order valence-corrected chi connectivity index (χ1v) is 11.3. The second-order valence-electron chi connectivity index (χ2n) is 6.61. The number of nitrogens with one attached hydrogen (secondary N) is 2. The van der Waals surface area contributed by atoms with Gasteiger partial charge >= 0.3 is 0 Å². The molecule has 0 aliphatic carbocycles. The Kier molecular flexibility index (Phi) is 7.87. The number of guanidine groups is 1. The van der Waals surface area contributed by atoms with Crippen LogP contribution in [0.1, 0.15) is 32.6 Å². The second kappa shape index (κ2) is 9.68. The van der Waals surface area contributed by atoms with Gasteiger partial charge in [-0.3, -0.25) is 0 Å². The third-order valence-corrected chi connectivity index (χ3v) is 7.74. The van der Waals surface area contributed by atoms with Crippen molar-refractivity contribution in [3.63, 3.8) is 0 Å². The summed E-state index contributed by atoms with van der Waals surface area (Å²) in [5, 5.41) is 6.61. The van der Waals surface area contributed by atoms with Gasteiger partial charge in [-0.15, -0.1) is 11.3 Å². The van der Waals surface area contributed by atoms with E-state index in [0.717, 1.165) is 17.4 Å². The molecule has 0 saturated carbocycles. The fourth-order valence-corrected chi connectivity index (χ4v) is 5.20. The fraction of sp³-hybridized carbons (Fsp3) is 0.706. The van der Waals surface area contributed by atoms with Crippen molar-refractivity contribution in [2.45, 2.75) is 44.5 Å². The molecule has 1 unspecified atom stereocenters. The Hall–Kier alpha value is -1.16. The Balaban J connectivity index is 2.05. The number of ether oxygens (including phenoxy) is 1. The Bertz CT molecular complexity index is 695. The van der Waals surface area contributed by atoms with E-state index in [1.54, 1.807) is 6.07 Å². The van der Waals surface area contributed by atoms with E-state index in [0.29, 0.717) is 49.0 Å². The van der Waals surface area contributed by atoms with Crippen LogP contribution in [0, 0.1) is 5.92 Å². The molecule has 2 rings (SSSR count). The van der Waals surface area contributed by atoms with Crippen LogP contribution in [-0.2, 0) is 21.3 Å². The summed E-state index contributed by atoms with van der Waals surface area (Å²) in [6, 6.07) is 3.82. The largest absolute Gasteiger partial charge is 0.379 e. The summed E-state index contributed by atoms with van der Waals surface area (Å²) in [6.07, 6.45) is 0. The van der Waals surface area contributed by atoms with E-state index in [-0.39, 0.29) is 0 Å². The molecule has 148 valence electrons. The first kappa shape index (κ1) is 21.1. The summed E-state index contributed by atoms with van der Waals surface area (Å²) < 4.78 is 32.5. The van der Waals surface area contributed by atoms with Gasteiger partial charge in [0.15, 0.2) is 5.96 Å². The number of hydrogen-bond acceptors (Lipinski definition) is 5. The number of thiophene rings is 1. The summed E-state index contributed by atoms with van der Waals surface area (Å²) in [5.74, 6) is 1.24. The SMILES string of the molecule is CCNC(=NCc1ccc(S(=O)(=O)N2CCOCC2)s1)NC(C)C(C)C. The maximum absolute atomic E-state index is 12.7. The van der Waals surface area contributed by atoms with Gasteiger partial charge in [-0.05, 0) is 31.9 Å². The quantitative estimate of drug-likeness (QED) is 0.537. The van der Waals surface area contributed by atoms with Gasteiger partial charge < -0.3 is 15.4 Å². The number of nitrogens with zero attached hydrogens (tertiary/aromatic N) is 2. The highest BCUT2D eigenvalue weighted by Crippen LogP contribution is 2.26. The van der Waals surface area contributed by atoms with Crippen LogP contribution < -0.4 is 10.6 Å². The second-order valence-corrected chi connectivity index (χ2v) is 9.94. The predicted octanol–water partition coefficient (Wildman–Crippen LogP) is 1.87. The number of rotatable bonds is 7. The van der Waals surface area contributed by atoms with E-state index in [1.807, 2.05) is 13.0 Å². The fourth-order valence-electron chi connectivity index (χ4n) is 2.36. The van der Waals surface area contributed by atoms with Gasteiger partial charge in [-0.1, -0.05) is 13.8 Å². The van der Waals surface area contributed by atoms with Gasteiger partial charge in [-0.2, -0.15) is 4.31 Å². The zero-order chi connectivity index (χ0) is 19.2. The first-order chi connectivity index (χ1) is 12.3. The lowest BCUT2D eigenvalue weighted by molar-refractivity contribution is 0.0731. The number of sulfonamides is 1. The molecular formula is C17H30N4O3S2. The molecule has 0 bridgehead atoms. The van der Waals surface area contributed by atoms with Crippen LogP contribution >= 0.6 is 11.3 Å². The molecule has 0 aromatic carbocycles. The molecule has 1 aliphatic heterocycles. The van der Waals surface area contributed by atoms with Crippen molar-refractivity contribution in [2.24, 2.45) is 10.9 Å². The Morgan fingerprint density at radius 3 is 2.62 bits per heavy atom. The standard InChI is InChI=1S/C17H30N4O3S2/c1-5-18-17(20-14(4)13(2)3)19-12-15-6-7-16(25-15)26(22,23)21-8-10-24-11-9-21/h6-7,13-14H,5,8-12H2,1-4H3,(H2,18,19,20). The van der Waals surface area contributed by atoms with Crippen LogP contribution in [0.4, 0.5) is 0 Å². The van der Waals surface area contributed by atoms with Crippen LogP contribution in [0.25, 0.3) is 0 Å². The average molecular weight is 403 g/mol. The van der Waals surface area contributed by atoms with Crippen molar-refractivity contribution in [1.29, 1.82) is 0 Å². The Labute approximate surface area is 160 Å². The predicted molar refractivity (Wildman–Crippen MR) is 106 cm³/mol. The number of morpholine rings is 1. The lowest BCUT2D eigenvalue weighted by Crippen LogP contribution is -2.44. The third kappa shape index (κ3) is 5.67. The lowest BCUT2D eigenvalue weighted by Gasteiger charge is -2.25. The molecule has 1 atom stereocenters. The first-order valence-electron chi connectivity index (χ1n) is 9.06. The van der Waals surface area contributed by atoms with Gasteiger partial charge in [0.1, 0.15) is 4.21 Å². The topological polar surface area (TPSA) is 83.0 Å². The summed E-state index contributed by atoms with van der Waals surface area (Å²) >= 11 is 1.29. The van der Waals surface area contributed by atoms with E-state index in [4.69, 9.17) is 4.74 Å². The Morgan fingerprint density at radius 2 is 2.00 bits per heavy atom. The van der Waals surface area contributed by atoms with E-state index in [1.165, 1.54) is 15.6 Å². The molecule has 0 amide bonds. The van der Waals surface area contributed by atoms with Gasteiger partial charge in [0.2, 0.25) is 0 Å². The molecule has 2 N–H and O–H groups in total. The zero-order valence-electron chi connectivity index (χ0n) is 16.0. The van der Waals surface area contributed by atoms with Crippen LogP contribution in [0.3, 0.4) is 0 Å². The van der Waals surface area contributed by atoms with E-state index < -0.39 is 10.0 Å². The smallest absolute Gasteiger partial charge is 0.252 e. The average Bonchev–Trinajstić information content (AvgIpc) is 3.10. The van der Waals surface area contributed by atoms with Crippen molar-refractivity contribution in [3.8, 4) is 0 Å². The van der Waals surface area contributed by atoms with Crippen LogP contribution in [0.5, 0.6) is 0 Å². The summed E-state index contributed by atoms with van der Waals surface area (Å²) in [6.45, 7) is 11.4. The molecule has 0 radical (unpaired) electrons. The monoisotopic (exact) mass is 402 g/mol. The zero-order valence-corrected chi connectivity index (χ0v) is 17.6. The van der Waals surface area contributed by atoms with Crippen LogP contribution in [-0.4, -0.2) is 57.6 Å². The van der Waals surface area contributed by atoms with Crippen molar-refractivity contribution < 1.29 is 13.2 Å². The van der Waals surface area contributed by atoms with Gasteiger partial charge in [0, 0.05) is 30.6 Å². The molecule has 1 fully saturated rings. The van der Waals surface area contributed by atoms with Crippen molar-refractivity contribution in [3.05, 3.63) is 17.0 Å². The minimum Gasteiger partial charge on any atom is -0.379 e. The Morgan fingerprint density at radius 1 is 1.31 bits per heavy atom. The number of aliphatic imine (C=N–C) groups is 1. The molecule has 1 aromatic heterocycles. The van der Waals surface area contributed by atoms with E-state index >= 15 is 0 Å². The molecule has 26 heavy (non-hydrogen) atoms. The highest BCUT2D eigenvalue weighted by atomic mass is 32.2. The van der Waals surface area contributed by atoms with Gasteiger partial charge in [-0.25, -0.2) is 13.4 Å². The summed E-state index contributed by atoms with van der Waals surface area (Å²) in [7, 11) is -3.43. The summed E-state index contributed by atoms with van der Waals surface area (Å²) in [4.78, 5) is 5.51. The molecular weight excluding hydrogens is 372 g/mol. The van der Waals surface area contributed by atoms with E-state index in [2.05, 4.69) is 36.4 Å². The molecule has 7 nitrogen and oxygen atoms in total. The maximum Gasteiger partial charge on any atom is 0.252 e. The number of hydrogen-bond donors (Lipinski definition) is 2. The van der Waals surface area contributed by atoms with Gasteiger partial charge in [0.05, 0.1) is 19.8 Å². The summed E-state index contributed by atoms with van der Waals surface area (Å²) in [5.41, 5.74) is 0. The highest BCUT2D eigenvalue weighted by Gasteiger charge is 2.27. The normalized spacial score (nSPS) is 18.1.